The van der Waals surface area contributed by atoms with Crippen molar-refractivity contribution in [3.63, 3.8) is 0 Å². The average molecular weight is 362 g/mol. The summed E-state index contributed by atoms with van der Waals surface area (Å²) in [7, 11) is 0. The highest BCUT2D eigenvalue weighted by Crippen LogP contribution is 2.27. The van der Waals surface area contributed by atoms with Crippen molar-refractivity contribution in [2.75, 3.05) is 26.2 Å². The monoisotopic (exact) mass is 362 g/mol. The van der Waals surface area contributed by atoms with E-state index in [2.05, 4.69) is 21.7 Å². The van der Waals surface area contributed by atoms with Gasteiger partial charge in [0.05, 0.1) is 19.1 Å². The summed E-state index contributed by atoms with van der Waals surface area (Å²) in [5.41, 5.74) is 0. The van der Waals surface area contributed by atoms with Crippen LogP contribution < -0.4 is 10.1 Å². The lowest BCUT2D eigenvalue weighted by molar-refractivity contribution is -0.121. The molecule has 1 aliphatic rings. The Hall–Kier alpha value is -1.92. The van der Waals surface area contributed by atoms with Crippen LogP contribution in [0.3, 0.4) is 0 Å². The van der Waals surface area contributed by atoms with E-state index >= 15 is 0 Å². The van der Waals surface area contributed by atoms with Gasteiger partial charge < -0.3 is 10.1 Å². The maximum atomic E-state index is 13.5. The zero-order chi connectivity index (χ0) is 17.5. The van der Waals surface area contributed by atoms with Crippen LogP contribution in [-0.2, 0) is 4.79 Å². The number of benzene rings is 1. The molecule has 1 fully saturated rings. The van der Waals surface area contributed by atoms with Crippen molar-refractivity contribution in [1.29, 1.82) is 0 Å². The molecule has 1 unspecified atom stereocenters. The lowest BCUT2D eigenvalue weighted by atomic mass is 10.2. The fourth-order valence-corrected chi connectivity index (χ4v) is 3.92. The third-order valence-corrected chi connectivity index (χ3v) is 5.34. The molecule has 1 amide bonds. The van der Waals surface area contributed by atoms with E-state index in [0.29, 0.717) is 6.54 Å². The number of rotatable bonds is 8. The van der Waals surface area contributed by atoms with Crippen molar-refractivity contribution in [1.82, 2.24) is 10.2 Å². The van der Waals surface area contributed by atoms with Crippen molar-refractivity contribution < 1.29 is 13.9 Å². The Morgan fingerprint density at radius 3 is 2.76 bits per heavy atom. The minimum absolute atomic E-state index is 0.0721. The van der Waals surface area contributed by atoms with Gasteiger partial charge in [0.2, 0.25) is 5.91 Å². The van der Waals surface area contributed by atoms with Crippen LogP contribution in [0.4, 0.5) is 4.39 Å². The van der Waals surface area contributed by atoms with Gasteiger partial charge in [-0.15, -0.1) is 11.3 Å². The fraction of sp³-hybridized carbons (Fsp3) is 0.421. The normalized spacial score (nSPS) is 15.9. The molecular formula is C19H23FN2O2S. The first kappa shape index (κ1) is 17.9. The number of hydrogen-bond donors (Lipinski definition) is 1. The molecule has 1 atom stereocenters. The molecule has 0 aliphatic carbocycles. The van der Waals surface area contributed by atoms with Gasteiger partial charge in [0.1, 0.15) is 0 Å². The zero-order valence-corrected chi connectivity index (χ0v) is 14.9. The standard InChI is InChI=1S/C19H23FN2O2S/c20-15-6-1-2-7-17(15)24-12-9-19(23)21-14-16(18-8-5-13-25-18)22-10-3-4-11-22/h1-2,5-8,13,16H,3-4,9-12,14H2,(H,21,23). The highest BCUT2D eigenvalue weighted by Gasteiger charge is 2.24. The Morgan fingerprint density at radius 1 is 1.24 bits per heavy atom. The van der Waals surface area contributed by atoms with Crippen molar-refractivity contribution in [2.24, 2.45) is 0 Å². The lowest BCUT2D eigenvalue weighted by Gasteiger charge is -2.26. The molecule has 1 N–H and O–H groups in total. The number of carbonyl (C=O) groups excluding carboxylic acids is 1. The predicted octanol–water partition coefficient (Wildman–Crippen LogP) is 3.61. The molecule has 134 valence electrons. The molecule has 0 radical (unpaired) electrons. The summed E-state index contributed by atoms with van der Waals surface area (Å²) >= 11 is 1.73. The predicted molar refractivity (Wildman–Crippen MR) is 97.4 cm³/mol. The molecule has 2 heterocycles. The molecule has 6 heteroatoms. The molecule has 4 nitrogen and oxygen atoms in total. The second-order valence-electron chi connectivity index (χ2n) is 6.11. The smallest absolute Gasteiger partial charge is 0.223 e. The van der Waals surface area contributed by atoms with Crippen LogP contribution in [0.1, 0.15) is 30.2 Å². The SMILES string of the molecule is O=C(CCOc1ccccc1F)NCC(c1cccs1)N1CCCC1. The van der Waals surface area contributed by atoms with Gasteiger partial charge in [-0.05, 0) is 49.5 Å². The van der Waals surface area contributed by atoms with Crippen molar-refractivity contribution in [2.45, 2.75) is 25.3 Å². The summed E-state index contributed by atoms with van der Waals surface area (Å²) in [6.45, 7) is 2.92. The Kier molecular flexibility index (Phi) is 6.42. The maximum absolute atomic E-state index is 13.5. The van der Waals surface area contributed by atoms with Gasteiger partial charge in [-0.3, -0.25) is 9.69 Å². The molecule has 2 aromatic rings. The molecule has 0 spiro atoms. The number of hydrogen-bond acceptors (Lipinski definition) is 4. The first-order valence-electron chi connectivity index (χ1n) is 8.65. The quantitative estimate of drug-likeness (QED) is 0.780. The van der Waals surface area contributed by atoms with E-state index in [0.717, 1.165) is 13.1 Å². The van der Waals surface area contributed by atoms with Crippen LogP contribution in [0.5, 0.6) is 5.75 Å². The van der Waals surface area contributed by atoms with E-state index in [1.807, 2.05) is 6.07 Å². The van der Waals surface area contributed by atoms with Crippen LogP contribution in [0.15, 0.2) is 41.8 Å². The van der Waals surface area contributed by atoms with Crippen LogP contribution in [0.2, 0.25) is 0 Å². The largest absolute Gasteiger partial charge is 0.490 e. The summed E-state index contributed by atoms with van der Waals surface area (Å²) in [5.74, 6) is -0.296. The molecular weight excluding hydrogens is 339 g/mol. The minimum Gasteiger partial charge on any atom is -0.490 e. The third-order valence-electron chi connectivity index (χ3n) is 4.37. The number of para-hydroxylation sites is 1. The highest BCUT2D eigenvalue weighted by molar-refractivity contribution is 7.10. The Labute approximate surface area is 151 Å². The van der Waals surface area contributed by atoms with E-state index in [1.165, 1.54) is 23.8 Å². The topological polar surface area (TPSA) is 41.6 Å². The van der Waals surface area contributed by atoms with Crippen LogP contribution in [-0.4, -0.2) is 37.0 Å². The molecule has 3 rings (SSSR count). The molecule has 1 aliphatic heterocycles. The highest BCUT2D eigenvalue weighted by atomic mass is 32.1. The fourth-order valence-electron chi connectivity index (χ4n) is 3.06. The van der Waals surface area contributed by atoms with Crippen molar-refractivity contribution in [3.05, 3.63) is 52.5 Å². The summed E-state index contributed by atoms with van der Waals surface area (Å²) in [5, 5.41) is 5.07. The zero-order valence-electron chi connectivity index (χ0n) is 14.1. The van der Waals surface area contributed by atoms with Gasteiger partial charge in [-0.25, -0.2) is 4.39 Å². The Balaban J connectivity index is 1.46. The van der Waals surface area contributed by atoms with E-state index in [4.69, 9.17) is 4.74 Å². The second-order valence-corrected chi connectivity index (χ2v) is 7.09. The third kappa shape index (κ3) is 5.03. The minimum atomic E-state index is -0.408. The van der Waals surface area contributed by atoms with Gasteiger partial charge >= 0.3 is 0 Å². The summed E-state index contributed by atoms with van der Waals surface area (Å²) < 4.78 is 18.8. The van der Waals surface area contributed by atoms with Crippen LogP contribution >= 0.6 is 11.3 Å². The number of likely N-dealkylation sites (tertiary alicyclic amines) is 1. The van der Waals surface area contributed by atoms with Crippen molar-refractivity contribution in [3.8, 4) is 5.75 Å². The average Bonchev–Trinajstić information content (AvgIpc) is 3.31. The number of halogens is 1. The molecule has 25 heavy (non-hydrogen) atoms. The summed E-state index contributed by atoms with van der Waals surface area (Å²) in [6, 6.07) is 10.6. The second kappa shape index (κ2) is 8.97. The van der Waals surface area contributed by atoms with Gasteiger partial charge in [-0.2, -0.15) is 0 Å². The first-order valence-corrected chi connectivity index (χ1v) is 9.53. The summed E-state index contributed by atoms with van der Waals surface area (Å²) in [6.07, 6.45) is 2.64. The molecule has 0 bridgehead atoms. The van der Waals surface area contributed by atoms with E-state index < -0.39 is 5.82 Å². The number of carbonyl (C=O) groups is 1. The molecule has 1 aromatic heterocycles. The number of amides is 1. The Morgan fingerprint density at radius 2 is 2.04 bits per heavy atom. The maximum Gasteiger partial charge on any atom is 0.223 e. The van der Waals surface area contributed by atoms with Crippen LogP contribution in [0, 0.1) is 5.82 Å². The number of thiophene rings is 1. The van der Waals surface area contributed by atoms with E-state index in [9.17, 15) is 9.18 Å². The van der Waals surface area contributed by atoms with Crippen molar-refractivity contribution >= 4 is 17.2 Å². The van der Waals surface area contributed by atoms with Crippen LogP contribution in [0.25, 0.3) is 0 Å². The van der Waals surface area contributed by atoms with Gasteiger partial charge in [0.15, 0.2) is 11.6 Å². The van der Waals surface area contributed by atoms with Gasteiger partial charge in [0, 0.05) is 11.4 Å². The first-order chi connectivity index (χ1) is 12.2. The molecule has 0 saturated carbocycles. The van der Waals surface area contributed by atoms with Gasteiger partial charge in [0.25, 0.3) is 0 Å². The lowest BCUT2D eigenvalue weighted by Crippen LogP contribution is -2.36. The Bertz CT molecular complexity index is 672. The van der Waals surface area contributed by atoms with E-state index in [-0.39, 0.29) is 30.7 Å². The molecule has 1 saturated heterocycles. The van der Waals surface area contributed by atoms with E-state index in [1.54, 1.807) is 29.5 Å². The molecule has 1 aromatic carbocycles. The number of ether oxygens (including phenoxy) is 1. The number of nitrogens with zero attached hydrogens (tertiary/aromatic N) is 1. The number of nitrogens with one attached hydrogen (secondary N) is 1. The summed E-state index contributed by atoms with van der Waals surface area (Å²) in [4.78, 5) is 15.8. The van der Waals surface area contributed by atoms with Gasteiger partial charge in [-0.1, -0.05) is 18.2 Å².